The lowest BCUT2D eigenvalue weighted by Crippen LogP contribution is -2.20. The van der Waals surface area contributed by atoms with Crippen LogP contribution in [-0.4, -0.2) is 11.1 Å². The molecule has 0 saturated carbocycles. The van der Waals surface area contributed by atoms with Gasteiger partial charge in [0.15, 0.2) is 0 Å². The molecule has 2 rings (SSSR count). The number of nitrogens with zero attached hydrogens (tertiary/aromatic N) is 1. The van der Waals surface area contributed by atoms with Gasteiger partial charge in [-0.15, -0.1) is 0 Å². The maximum atomic E-state index is 11.8. The monoisotopic (exact) mass is 256 g/mol. The van der Waals surface area contributed by atoms with Crippen LogP contribution in [0.25, 0.3) is 11.1 Å². The fraction of sp³-hybridized carbons (Fsp3) is 0.312. The fourth-order valence-corrected chi connectivity index (χ4v) is 2.17. The summed E-state index contributed by atoms with van der Waals surface area (Å²) in [5, 5.41) is 0. The largest absolute Gasteiger partial charge is 0.330 e. The van der Waals surface area contributed by atoms with Crippen molar-refractivity contribution in [3.8, 4) is 11.1 Å². The number of nitrogens with two attached hydrogens (primary N) is 1. The lowest BCUT2D eigenvalue weighted by atomic mass is 10.00. The van der Waals surface area contributed by atoms with E-state index >= 15 is 0 Å². The van der Waals surface area contributed by atoms with Gasteiger partial charge in [-0.2, -0.15) is 0 Å². The van der Waals surface area contributed by atoms with E-state index in [4.69, 9.17) is 5.73 Å². The third-order valence-corrected chi connectivity index (χ3v) is 3.29. The Labute approximate surface area is 113 Å². The molecule has 0 amide bonds. The summed E-state index contributed by atoms with van der Waals surface area (Å²) in [5.41, 5.74) is 10.2. The number of aryl methyl sites for hydroxylation is 3. The van der Waals surface area contributed by atoms with E-state index in [2.05, 4.69) is 32.0 Å². The van der Waals surface area contributed by atoms with Gasteiger partial charge in [-0.3, -0.25) is 4.79 Å². The van der Waals surface area contributed by atoms with E-state index in [1.54, 1.807) is 10.6 Å². The molecule has 19 heavy (non-hydrogen) atoms. The molecule has 1 aromatic carbocycles. The number of aromatic nitrogens is 1. The minimum atomic E-state index is 0.0301. The van der Waals surface area contributed by atoms with Crippen molar-refractivity contribution in [1.29, 1.82) is 0 Å². The lowest BCUT2D eigenvalue weighted by molar-refractivity contribution is 0.630. The molecule has 0 aliphatic carbocycles. The quantitative estimate of drug-likeness (QED) is 0.913. The predicted molar refractivity (Wildman–Crippen MR) is 79.3 cm³/mol. The molecule has 0 unspecified atom stereocenters. The summed E-state index contributed by atoms with van der Waals surface area (Å²) in [6, 6.07) is 9.89. The van der Waals surface area contributed by atoms with Crippen LogP contribution in [0.1, 0.15) is 17.5 Å². The number of hydrogen-bond donors (Lipinski definition) is 1. The molecule has 3 nitrogen and oxygen atoms in total. The standard InChI is InChI=1S/C16H20N2O/c1-12-4-5-13(2)15(10-12)14-6-7-16(19)18(11-14)9-3-8-17/h4-7,10-11H,3,8-9,17H2,1-2H3. The molecule has 0 bridgehead atoms. The molecule has 0 atom stereocenters. The Morgan fingerprint density at radius 1 is 1.16 bits per heavy atom. The Bertz CT molecular complexity index is 629. The fourth-order valence-electron chi connectivity index (χ4n) is 2.17. The molecule has 0 aliphatic rings. The first-order valence-corrected chi connectivity index (χ1v) is 6.60. The van der Waals surface area contributed by atoms with Gasteiger partial charge in [0.05, 0.1) is 0 Å². The van der Waals surface area contributed by atoms with Crippen LogP contribution in [-0.2, 0) is 6.54 Å². The van der Waals surface area contributed by atoms with Crippen molar-refractivity contribution in [3.05, 3.63) is 58.0 Å². The zero-order chi connectivity index (χ0) is 13.8. The van der Waals surface area contributed by atoms with E-state index in [1.807, 2.05) is 12.3 Å². The molecular weight excluding hydrogens is 236 g/mol. The van der Waals surface area contributed by atoms with Crippen LogP contribution in [0.15, 0.2) is 41.3 Å². The van der Waals surface area contributed by atoms with Gasteiger partial charge in [0.2, 0.25) is 0 Å². The molecule has 0 fully saturated rings. The van der Waals surface area contributed by atoms with Crippen LogP contribution in [0.4, 0.5) is 0 Å². The molecule has 0 radical (unpaired) electrons. The second-order valence-electron chi connectivity index (χ2n) is 4.91. The van der Waals surface area contributed by atoms with E-state index in [-0.39, 0.29) is 5.56 Å². The zero-order valence-electron chi connectivity index (χ0n) is 11.5. The molecule has 100 valence electrons. The second kappa shape index (κ2) is 5.85. The summed E-state index contributed by atoms with van der Waals surface area (Å²) in [4.78, 5) is 11.8. The first-order chi connectivity index (χ1) is 9.11. The summed E-state index contributed by atoms with van der Waals surface area (Å²) < 4.78 is 1.74. The van der Waals surface area contributed by atoms with Gasteiger partial charge in [-0.25, -0.2) is 0 Å². The van der Waals surface area contributed by atoms with Crippen molar-refractivity contribution in [2.24, 2.45) is 5.73 Å². The number of benzene rings is 1. The Balaban J connectivity index is 2.45. The molecule has 2 N–H and O–H groups in total. The maximum absolute atomic E-state index is 11.8. The van der Waals surface area contributed by atoms with Crippen molar-refractivity contribution in [2.45, 2.75) is 26.8 Å². The van der Waals surface area contributed by atoms with Crippen molar-refractivity contribution in [3.63, 3.8) is 0 Å². The normalized spacial score (nSPS) is 10.7. The molecule has 3 heteroatoms. The average Bonchev–Trinajstić information content (AvgIpc) is 2.41. The summed E-state index contributed by atoms with van der Waals surface area (Å²) in [6.07, 6.45) is 2.75. The number of pyridine rings is 1. The van der Waals surface area contributed by atoms with Gasteiger partial charge < -0.3 is 10.3 Å². The topological polar surface area (TPSA) is 48.0 Å². The van der Waals surface area contributed by atoms with Crippen LogP contribution in [0.3, 0.4) is 0 Å². The summed E-state index contributed by atoms with van der Waals surface area (Å²) in [5.74, 6) is 0. The summed E-state index contributed by atoms with van der Waals surface area (Å²) in [6.45, 7) is 5.44. The Morgan fingerprint density at radius 3 is 2.68 bits per heavy atom. The number of hydrogen-bond acceptors (Lipinski definition) is 2. The minimum Gasteiger partial charge on any atom is -0.330 e. The summed E-state index contributed by atoms with van der Waals surface area (Å²) >= 11 is 0. The van der Waals surface area contributed by atoms with Gasteiger partial charge in [-0.05, 0) is 49.6 Å². The highest BCUT2D eigenvalue weighted by Crippen LogP contribution is 2.23. The van der Waals surface area contributed by atoms with Crippen LogP contribution < -0.4 is 11.3 Å². The van der Waals surface area contributed by atoms with Crippen molar-refractivity contribution in [1.82, 2.24) is 4.57 Å². The van der Waals surface area contributed by atoms with Gasteiger partial charge in [0.25, 0.3) is 5.56 Å². The number of rotatable bonds is 4. The highest BCUT2D eigenvalue weighted by atomic mass is 16.1. The Kier molecular flexibility index (Phi) is 4.17. The minimum absolute atomic E-state index is 0.0301. The van der Waals surface area contributed by atoms with Crippen LogP contribution in [0.5, 0.6) is 0 Å². The van der Waals surface area contributed by atoms with Gasteiger partial charge in [0.1, 0.15) is 0 Å². The molecule has 0 saturated heterocycles. The highest BCUT2D eigenvalue weighted by molar-refractivity contribution is 5.67. The van der Waals surface area contributed by atoms with Crippen LogP contribution in [0, 0.1) is 13.8 Å². The maximum Gasteiger partial charge on any atom is 0.250 e. The van der Waals surface area contributed by atoms with E-state index in [1.165, 1.54) is 16.7 Å². The highest BCUT2D eigenvalue weighted by Gasteiger charge is 2.04. The molecule has 2 aromatic rings. The molecule has 1 aromatic heterocycles. The van der Waals surface area contributed by atoms with Crippen molar-refractivity contribution >= 4 is 0 Å². The van der Waals surface area contributed by atoms with Crippen molar-refractivity contribution < 1.29 is 0 Å². The van der Waals surface area contributed by atoms with E-state index in [9.17, 15) is 4.79 Å². The lowest BCUT2D eigenvalue weighted by Gasteiger charge is -2.10. The van der Waals surface area contributed by atoms with Gasteiger partial charge in [0, 0.05) is 18.8 Å². The Hall–Kier alpha value is -1.87. The van der Waals surface area contributed by atoms with E-state index < -0.39 is 0 Å². The zero-order valence-corrected chi connectivity index (χ0v) is 11.5. The van der Waals surface area contributed by atoms with Crippen molar-refractivity contribution in [2.75, 3.05) is 6.54 Å². The van der Waals surface area contributed by atoms with Gasteiger partial charge in [-0.1, -0.05) is 23.8 Å². The molecular formula is C16H20N2O. The van der Waals surface area contributed by atoms with Gasteiger partial charge >= 0.3 is 0 Å². The van der Waals surface area contributed by atoms with E-state index in [0.29, 0.717) is 13.1 Å². The first kappa shape index (κ1) is 13.6. The molecule has 0 aliphatic heterocycles. The smallest absolute Gasteiger partial charge is 0.250 e. The molecule has 1 heterocycles. The third kappa shape index (κ3) is 3.12. The predicted octanol–water partition coefficient (Wildman–Crippen LogP) is 2.48. The second-order valence-corrected chi connectivity index (χ2v) is 4.91. The summed E-state index contributed by atoms with van der Waals surface area (Å²) in [7, 11) is 0. The van der Waals surface area contributed by atoms with E-state index in [0.717, 1.165) is 12.0 Å². The Morgan fingerprint density at radius 2 is 1.95 bits per heavy atom. The first-order valence-electron chi connectivity index (χ1n) is 6.60. The molecule has 0 spiro atoms. The van der Waals surface area contributed by atoms with Crippen LogP contribution >= 0.6 is 0 Å². The average molecular weight is 256 g/mol. The third-order valence-electron chi connectivity index (χ3n) is 3.29. The SMILES string of the molecule is Cc1ccc(C)c(-c2ccc(=O)n(CCCN)c2)c1. The van der Waals surface area contributed by atoms with Crippen LogP contribution in [0.2, 0.25) is 0 Å².